The number of aromatic nitrogens is 1. The number of likely N-dealkylation sites (tertiary alicyclic amines) is 1. The van der Waals surface area contributed by atoms with Gasteiger partial charge in [0.2, 0.25) is 5.91 Å². The number of likely N-dealkylation sites (N-methyl/N-ethyl adjacent to an activating group) is 1. The van der Waals surface area contributed by atoms with Crippen LogP contribution in [-0.4, -0.2) is 53.7 Å². The van der Waals surface area contributed by atoms with Gasteiger partial charge in [-0.25, -0.2) is 4.98 Å². The molecule has 1 aromatic carbocycles. The summed E-state index contributed by atoms with van der Waals surface area (Å²) in [7, 11) is 3.48. The number of methoxy groups -OCH3 is 1. The molecule has 0 saturated carbocycles. The first kappa shape index (κ1) is 17.8. The summed E-state index contributed by atoms with van der Waals surface area (Å²) in [6.45, 7) is 2.91. The lowest BCUT2D eigenvalue weighted by Crippen LogP contribution is -2.41. The molecule has 2 heterocycles. The lowest BCUT2D eigenvalue weighted by Gasteiger charge is -2.19. The number of nitrogens with one attached hydrogen (secondary N) is 1. The third-order valence-electron chi connectivity index (χ3n) is 4.58. The maximum Gasteiger partial charge on any atom is 0.237 e. The molecule has 2 atom stereocenters. The number of hydrogen-bond acceptors (Lipinski definition) is 6. The molecule has 0 spiro atoms. The number of ether oxygens (including phenoxy) is 1. The fourth-order valence-electron chi connectivity index (χ4n) is 3.19. The largest absolute Gasteiger partial charge is 0.496 e. The number of carbonyl (C=O) groups is 1. The van der Waals surface area contributed by atoms with Crippen molar-refractivity contribution in [3.05, 3.63) is 35.0 Å². The molecule has 7 heteroatoms. The molecule has 6 nitrogen and oxygen atoms in total. The van der Waals surface area contributed by atoms with Crippen molar-refractivity contribution < 1.29 is 14.6 Å². The Balaban J connectivity index is 1.70. The van der Waals surface area contributed by atoms with Crippen molar-refractivity contribution in [2.24, 2.45) is 0 Å². The molecule has 1 amide bonds. The van der Waals surface area contributed by atoms with E-state index < -0.39 is 6.10 Å². The lowest BCUT2D eigenvalue weighted by molar-refractivity contribution is -0.125. The molecule has 1 fully saturated rings. The first-order chi connectivity index (χ1) is 12.0. The second kappa shape index (κ2) is 7.51. The fourth-order valence-corrected chi connectivity index (χ4v) is 3.99. The molecule has 3 rings (SSSR count). The van der Waals surface area contributed by atoms with E-state index in [0.29, 0.717) is 19.5 Å². The normalized spacial score (nSPS) is 20.6. The van der Waals surface area contributed by atoms with Crippen LogP contribution >= 0.6 is 11.3 Å². The number of carbonyl (C=O) groups excluding carboxylic acids is 1. The monoisotopic (exact) mass is 361 g/mol. The van der Waals surface area contributed by atoms with Gasteiger partial charge in [0, 0.05) is 18.7 Å². The van der Waals surface area contributed by atoms with Crippen molar-refractivity contribution >= 4 is 17.2 Å². The van der Waals surface area contributed by atoms with Crippen molar-refractivity contribution in [2.75, 3.05) is 20.7 Å². The van der Waals surface area contributed by atoms with E-state index in [2.05, 4.69) is 10.3 Å². The number of β-amino-alcohol motifs (C(OH)–C–C–N with tert-alkyl or cyclic N) is 1. The highest BCUT2D eigenvalue weighted by Gasteiger charge is 2.33. The fraction of sp³-hybridized carbons (Fsp3) is 0.444. The third kappa shape index (κ3) is 3.84. The first-order valence-electron chi connectivity index (χ1n) is 8.23. The number of thiazole rings is 1. The minimum absolute atomic E-state index is 0.0662. The minimum atomic E-state index is -0.433. The molecule has 0 bridgehead atoms. The van der Waals surface area contributed by atoms with Crippen molar-refractivity contribution in [1.82, 2.24) is 15.2 Å². The van der Waals surface area contributed by atoms with Gasteiger partial charge in [-0.1, -0.05) is 12.1 Å². The number of aliphatic hydroxyl groups is 1. The Kier molecular flexibility index (Phi) is 5.36. The molecule has 1 aliphatic heterocycles. The summed E-state index contributed by atoms with van der Waals surface area (Å²) in [5, 5.41) is 12.6. The van der Waals surface area contributed by atoms with E-state index in [1.807, 2.05) is 42.6 Å². The van der Waals surface area contributed by atoms with Gasteiger partial charge in [-0.05, 0) is 32.0 Å². The molecule has 0 unspecified atom stereocenters. The second-order valence-electron chi connectivity index (χ2n) is 6.36. The molecule has 134 valence electrons. The summed E-state index contributed by atoms with van der Waals surface area (Å²) >= 11 is 1.60. The molecule has 2 aromatic rings. The molecule has 2 N–H and O–H groups in total. The van der Waals surface area contributed by atoms with Crippen LogP contribution in [0.15, 0.2) is 23.7 Å². The zero-order chi connectivity index (χ0) is 18.0. The Morgan fingerprint density at radius 1 is 1.52 bits per heavy atom. The van der Waals surface area contributed by atoms with Gasteiger partial charge >= 0.3 is 0 Å². The van der Waals surface area contributed by atoms with E-state index in [1.165, 1.54) is 0 Å². The van der Waals surface area contributed by atoms with Crippen molar-refractivity contribution in [1.29, 1.82) is 0 Å². The van der Waals surface area contributed by atoms with E-state index in [9.17, 15) is 9.90 Å². The average Bonchev–Trinajstić information content (AvgIpc) is 3.17. The zero-order valence-corrected chi connectivity index (χ0v) is 15.5. The number of rotatable bonds is 5. The molecular formula is C18H23N3O3S. The van der Waals surface area contributed by atoms with Crippen LogP contribution in [0.2, 0.25) is 0 Å². The van der Waals surface area contributed by atoms with Gasteiger partial charge in [0.25, 0.3) is 0 Å². The standard InChI is InChI=1S/C18H23N3O3S/c1-11-17(25-10-20-11)12-4-5-13(16(6-12)24-3)8-19-18(23)15-7-14(22)9-21(15)2/h4-6,10,14-15,22H,7-9H2,1-3H3,(H,19,23)/t14-,15+/m1/s1. The smallest absolute Gasteiger partial charge is 0.237 e. The number of nitrogens with zero attached hydrogens (tertiary/aromatic N) is 2. The summed E-state index contributed by atoms with van der Waals surface area (Å²) in [5.41, 5.74) is 4.81. The maximum atomic E-state index is 12.4. The molecule has 0 radical (unpaired) electrons. The quantitative estimate of drug-likeness (QED) is 0.850. The van der Waals surface area contributed by atoms with Gasteiger partial charge in [-0.15, -0.1) is 11.3 Å². The van der Waals surface area contributed by atoms with Crippen LogP contribution in [0.25, 0.3) is 10.4 Å². The summed E-state index contributed by atoms with van der Waals surface area (Å²) in [4.78, 5) is 19.6. The molecule has 1 aliphatic rings. The lowest BCUT2D eigenvalue weighted by atomic mass is 10.1. The van der Waals surface area contributed by atoms with Crippen LogP contribution in [0.5, 0.6) is 5.75 Å². The van der Waals surface area contributed by atoms with E-state index in [0.717, 1.165) is 27.4 Å². The minimum Gasteiger partial charge on any atom is -0.496 e. The Labute approximate surface area is 151 Å². The molecular weight excluding hydrogens is 338 g/mol. The van der Waals surface area contributed by atoms with Gasteiger partial charge in [0.15, 0.2) is 0 Å². The Morgan fingerprint density at radius 2 is 2.32 bits per heavy atom. The number of aliphatic hydroxyl groups excluding tert-OH is 1. The van der Waals surface area contributed by atoms with Crippen LogP contribution in [0.1, 0.15) is 17.7 Å². The highest BCUT2D eigenvalue weighted by atomic mass is 32.1. The van der Waals surface area contributed by atoms with Gasteiger partial charge in [-0.2, -0.15) is 0 Å². The third-order valence-corrected chi connectivity index (χ3v) is 5.55. The van der Waals surface area contributed by atoms with Crippen LogP contribution in [0.3, 0.4) is 0 Å². The zero-order valence-electron chi connectivity index (χ0n) is 14.7. The topological polar surface area (TPSA) is 74.7 Å². The number of hydrogen-bond donors (Lipinski definition) is 2. The molecule has 0 aliphatic carbocycles. The van der Waals surface area contributed by atoms with E-state index in [1.54, 1.807) is 18.4 Å². The van der Waals surface area contributed by atoms with Gasteiger partial charge in [0.05, 0.1) is 35.3 Å². The van der Waals surface area contributed by atoms with E-state index >= 15 is 0 Å². The molecule has 1 aromatic heterocycles. The first-order valence-corrected chi connectivity index (χ1v) is 9.11. The molecule has 25 heavy (non-hydrogen) atoms. The van der Waals surface area contributed by atoms with E-state index in [-0.39, 0.29) is 11.9 Å². The summed E-state index contributed by atoms with van der Waals surface area (Å²) in [6.07, 6.45) is 0.0421. The Morgan fingerprint density at radius 3 is 2.92 bits per heavy atom. The van der Waals surface area contributed by atoms with Gasteiger partial charge in [-0.3, -0.25) is 9.69 Å². The number of amides is 1. The average molecular weight is 361 g/mol. The molecule has 1 saturated heterocycles. The number of aryl methyl sites for hydroxylation is 1. The van der Waals surface area contributed by atoms with Crippen LogP contribution < -0.4 is 10.1 Å². The highest BCUT2D eigenvalue weighted by molar-refractivity contribution is 7.13. The van der Waals surface area contributed by atoms with Crippen molar-refractivity contribution in [3.63, 3.8) is 0 Å². The highest BCUT2D eigenvalue weighted by Crippen LogP contribution is 2.31. The Hall–Kier alpha value is -1.96. The van der Waals surface area contributed by atoms with E-state index in [4.69, 9.17) is 4.74 Å². The number of benzene rings is 1. The van der Waals surface area contributed by atoms with Crippen LogP contribution in [0, 0.1) is 6.92 Å². The van der Waals surface area contributed by atoms with Crippen molar-refractivity contribution in [2.45, 2.75) is 32.0 Å². The summed E-state index contributed by atoms with van der Waals surface area (Å²) in [5.74, 6) is 0.675. The van der Waals surface area contributed by atoms with Crippen LogP contribution in [0.4, 0.5) is 0 Å². The SMILES string of the molecule is COc1cc(-c2scnc2C)ccc1CNC(=O)[C@@H]1C[C@@H](O)CN1C. The predicted octanol–water partition coefficient (Wildman–Crippen LogP) is 1.81. The second-order valence-corrected chi connectivity index (χ2v) is 7.21. The van der Waals surface area contributed by atoms with Crippen LogP contribution in [-0.2, 0) is 11.3 Å². The predicted molar refractivity (Wildman–Crippen MR) is 97.7 cm³/mol. The van der Waals surface area contributed by atoms with Crippen molar-refractivity contribution in [3.8, 4) is 16.2 Å². The Bertz CT molecular complexity index is 762. The van der Waals surface area contributed by atoms with Gasteiger partial charge in [0.1, 0.15) is 5.75 Å². The van der Waals surface area contributed by atoms with Gasteiger partial charge < -0.3 is 15.2 Å². The summed E-state index contributed by atoms with van der Waals surface area (Å²) < 4.78 is 5.50. The maximum absolute atomic E-state index is 12.4. The summed E-state index contributed by atoms with van der Waals surface area (Å²) in [6, 6.07) is 5.70.